The minimum absolute atomic E-state index is 0.0265. The Labute approximate surface area is 163 Å². The average molecular weight is 391 g/mol. The molecule has 27 heavy (non-hydrogen) atoms. The van der Waals surface area contributed by atoms with Gasteiger partial charge in [0.15, 0.2) is 5.78 Å². The van der Waals surface area contributed by atoms with Crippen molar-refractivity contribution in [1.82, 2.24) is 4.90 Å². The van der Waals surface area contributed by atoms with Gasteiger partial charge >= 0.3 is 0 Å². The number of rotatable bonds is 8. The van der Waals surface area contributed by atoms with E-state index in [0.29, 0.717) is 11.3 Å². The molecule has 0 atom stereocenters. The van der Waals surface area contributed by atoms with E-state index in [-0.39, 0.29) is 18.2 Å². The Morgan fingerprint density at radius 3 is 2.11 bits per heavy atom. The Morgan fingerprint density at radius 2 is 1.67 bits per heavy atom. The summed E-state index contributed by atoms with van der Waals surface area (Å²) >= 11 is 0. The first kappa shape index (κ1) is 21.4. The first-order valence-corrected chi connectivity index (χ1v) is 11.1. The molecule has 6 heteroatoms. The number of piperidine rings is 1. The van der Waals surface area contributed by atoms with Gasteiger partial charge in [0.1, 0.15) is 0 Å². The van der Waals surface area contributed by atoms with Gasteiger partial charge in [-0.2, -0.15) is 0 Å². The van der Waals surface area contributed by atoms with Crippen LogP contribution in [0.2, 0.25) is 0 Å². The Balaban J connectivity index is 2.07. The number of nitrogens with zero attached hydrogens (tertiary/aromatic N) is 2. The van der Waals surface area contributed by atoms with Crippen molar-refractivity contribution >= 4 is 21.5 Å². The van der Waals surface area contributed by atoms with E-state index in [1.807, 2.05) is 6.92 Å². The summed E-state index contributed by atoms with van der Waals surface area (Å²) in [6.07, 6.45) is 2.87. The van der Waals surface area contributed by atoms with Gasteiger partial charge in [-0.25, -0.2) is 8.42 Å². The van der Waals surface area contributed by atoms with Crippen LogP contribution in [0.5, 0.6) is 0 Å². The molecular weight excluding hydrogens is 360 g/mol. The molecule has 1 aromatic rings. The van der Waals surface area contributed by atoms with Gasteiger partial charge < -0.3 is 0 Å². The smallest absolute Gasteiger partial charge is 0.232 e. The van der Waals surface area contributed by atoms with E-state index in [2.05, 4.69) is 18.1 Å². The van der Waals surface area contributed by atoms with Gasteiger partial charge in [-0.1, -0.05) is 24.3 Å². The topological polar surface area (TPSA) is 57.7 Å². The zero-order valence-electron chi connectivity index (χ0n) is 16.6. The average Bonchev–Trinajstić information content (AvgIpc) is 2.58. The summed E-state index contributed by atoms with van der Waals surface area (Å²) in [5, 5.41) is 0. The molecule has 1 aliphatic rings. The number of hydrogen-bond donors (Lipinski definition) is 0. The molecule has 0 bridgehead atoms. The van der Waals surface area contributed by atoms with Crippen molar-refractivity contribution < 1.29 is 13.2 Å². The van der Waals surface area contributed by atoms with Crippen molar-refractivity contribution in [3.63, 3.8) is 0 Å². The Bertz CT molecular complexity index is 804. The summed E-state index contributed by atoms with van der Waals surface area (Å²) in [5.74, 6) is 0.168. The molecule has 1 heterocycles. The molecule has 2 rings (SSSR count). The van der Waals surface area contributed by atoms with Crippen LogP contribution in [-0.4, -0.2) is 51.5 Å². The fraction of sp³-hybridized carbons (Fsp3) is 0.476. The molecule has 0 amide bonds. The van der Waals surface area contributed by atoms with Gasteiger partial charge in [-0.05, 0) is 64.0 Å². The molecule has 1 fully saturated rings. The second kappa shape index (κ2) is 8.85. The fourth-order valence-corrected chi connectivity index (χ4v) is 4.37. The zero-order chi connectivity index (χ0) is 20.2. The van der Waals surface area contributed by atoms with Crippen LogP contribution in [0.15, 0.2) is 48.6 Å². The van der Waals surface area contributed by atoms with Crippen LogP contribution in [0.1, 0.15) is 37.0 Å². The number of sulfonamides is 1. The maximum Gasteiger partial charge on any atom is 0.232 e. The lowest BCUT2D eigenvalue weighted by Crippen LogP contribution is -2.37. The summed E-state index contributed by atoms with van der Waals surface area (Å²) in [6, 6.07) is 6.86. The van der Waals surface area contributed by atoms with Gasteiger partial charge in [-0.15, -0.1) is 0 Å². The SMILES string of the molecule is C=C(C)CN1CCC(C(=O)c2ccc(N(CC(=C)C)S(C)(=O)=O)cc2)CC1. The van der Waals surface area contributed by atoms with Gasteiger partial charge in [0.05, 0.1) is 18.5 Å². The molecule has 1 aliphatic heterocycles. The van der Waals surface area contributed by atoms with Crippen LogP contribution < -0.4 is 4.31 Å². The molecule has 0 aliphatic carbocycles. The molecule has 1 saturated heterocycles. The van der Waals surface area contributed by atoms with E-state index in [1.165, 1.54) is 10.6 Å². The molecule has 0 radical (unpaired) electrons. The highest BCUT2D eigenvalue weighted by atomic mass is 32.2. The number of carbonyl (C=O) groups excluding carboxylic acids is 1. The molecule has 1 aromatic carbocycles. The lowest BCUT2D eigenvalue weighted by molar-refractivity contribution is 0.0847. The molecule has 0 N–H and O–H groups in total. The summed E-state index contributed by atoms with van der Waals surface area (Å²) in [6.45, 7) is 14.5. The monoisotopic (exact) mass is 390 g/mol. The lowest BCUT2D eigenvalue weighted by Gasteiger charge is -2.31. The molecule has 148 valence electrons. The summed E-state index contributed by atoms with van der Waals surface area (Å²) in [4.78, 5) is 15.1. The van der Waals surface area contributed by atoms with E-state index >= 15 is 0 Å². The number of likely N-dealkylation sites (tertiary alicyclic amines) is 1. The lowest BCUT2D eigenvalue weighted by atomic mass is 9.88. The van der Waals surface area contributed by atoms with Crippen LogP contribution >= 0.6 is 0 Å². The highest BCUT2D eigenvalue weighted by Crippen LogP contribution is 2.25. The van der Waals surface area contributed by atoms with Crippen LogP contribution in [0, 0.1) is 5.92 Å². The number of hydrogen-bond acceptors (Lipinski definition) is 4. The Morgan fingerprint density at radius 1 is 1.11 bits per heavy atom. The van der Waals surface area contributed by atoms with Crippen molar-refractivity contribution in [2.45, 2.75) is 26.7 Å². The van der Waals surface area contributed by atoms with Gasteiger partial charge in [0.25, 0.3) is 0 Å². The number of Topliss-reactive ketones (excluding diaryl/α,β-unsaturated/α-hetero) is 1. The molecular formula is C21H30N2O3S. The minimum Gasteiger partial charge on any atom is -0.299 e. The van der Waals surface area contributed by atoms with E-state index in [1.54, 1.807) is 31.2 Å². The summed E-state index contributed by atoms with van der Waals surface area (Å²) in [5.41, 5.74) is 3.08. The molecule has 5 nitrogen and oxygen atoms in total. The number of ketones is 1. The van der Waals surface area contributed by atoms with Crippen molar-refractivity contribution in [2.24, 2.45) is 5.92 Å². The zero-order valence-corrected chi connectivity index (χ0v) is 17.4. The summed E-state index contributed by atoms with van der Waals surface area (Å²) < 4.78 is 25.4. The molecule has 0 unspecified atom stereocenters. The first-order valence-electron chi connectivity index (χ1n) is 9.21. The normalized spacial score (nSPS) is 16.1. The largest absolute Gasteiger partial charge is 0.299 e. The van der Waals surface area contributed by atoms with Crippen LogP contribution in [-0.2, 0) is 10.0 Å². The molecule has 0 spiro atoms. The van der Waals surface area contributed by atoms with E-state index in [9.17, 15) is 13.2 Å². The third kappa shape index (κ3) is 6.04. The first-order chi connectivity index (χ1) is 12.6. The minimum atomic E-state index is -3.41. The fourth-order valence-electron chi connectivity index (χ4n) is 3.41. The van der Waals surface area contributed by atoms with E-state index in [0.717, 1.165) is 43.6 Å². The predicted molar refractivity (Wildman–Crippen MR) is 112 cm³/mol. The van der Waals surface area contributed by atoms with Crippen molar-refractivity contribution in [1.29, 1.82) is 0 Å². The maximum absolute atomic E-state index is 12.8. The Hall–Kier alpha value is -1.92. The summed E-state index contributed by atoms with van der Waals surface area (Å²) in [7, 11) is -3.41. The predicted octanol–water partition coefficient (Wildman–Crippen LogP) is 3.50. The molecule has 0 aromatic heterocycles. The second-order valence-corrected chi connectivity index (χ2v) is 9.55. The van der Waals surface area contributed by atoms with Crippen molar-refractivity contribution in [3.05, 3.63) is 54.1 Å². The van der Waals surface area contributed by atoms with Crippen LogP contribution in [0.4, 0.5) is 5.69 Å². The number of carbonyl (C=O) groups is 1. The Kier molecular flexibility index (Phi) is 7.00. The van der Waals surface area contributed by atoms with Crippen molar-refractivity contribution in [2.75, 3.05) is 36.7 Å². The molecule has 0 saturated carbocycles. The second-order valence-electron chi connectivity index (χ2n) is 7.65. The number of anilines is 1. The van der Waals surface area contributed by atoms with Crippen molar-refractivity contribution in [3.8, 4) is 0 Å². The standard InChI is InChI=1S/C21H30N2O3S/c1-16(2)14-22-12-10-19(11-13-22)21(24)18-6-8-20(9-7-18)23(15-17(3)4)27(5,25)26/h6-9,19H,1,3,10-15H2,2,4-5H3. The van der Waals surface area contributed by atoms with Crippen LogP contribution in [0.3, 0.4) is 0 Å². The third-order valence-corrected chi connectivity index (χ3v) is 5.85. The van der Waals surface area contributed by atoms with Gasteiger partial charge in [0, 0.05) is 18.0 Å². The van der Waals surface area contributed by atoms with E-state index < -0.39 is 10.0 Å². The number of benzene rings is 1. The third-order valence-electron chi connectivity index (χ3n) is 4.71. The highest BCUT2D eigenvalue weighted by molar-refractivity contribution is 7.92. The highest BCUT2D eigenvalue weighted by Gasteiger charge is 2.26. The van der Waals surface area contributed by atoms with Crippen LogP contribution in [0.25, 0.3) is 0 Å². The quantitative estimate of drug-likeness (QED) is 0.504. The van der Waals surface area contributed by atoms with E-state index in [4.69, 9.17) is 0 Å². The van der Waals surface area contributed by atoms with Gasteiger partial charge in [0.2, 0.25) is 10.0 Å². The van der Waals surface area contributed by atoms with Gasteiger partial charge in [-0.3, -0.25) is 14.0 Å². The maximum atomic E-state index is 12.8.